The van der Waals surface area contributed by atoms with E-state index >= 15 is 0 Å². The first kappa shape index (κ1) is 14.1. The van der Waals surface area contributed by atoms with Crippen molar-refractivity contribution in [2.24, 2.45) is 11.8 Å². The quantitative estimate of drug-likeness (QED) is 0.757. The number of piperidine rings is 1. The zero-order chi connectivity index (χ0) is 13.1. The Morgan fingerprint density at radius 2 is 1.88 bits per heavy atom. The van der Waals surface area contributed by atoms with Gasteiger partial charge in [-0.25, -0.2) is 4.79 Å². The molecule has 0 saturated carbocycles. The highest BCUT2D eigenvalue weighted by Crippen LogP contribution is 2.25. The fourth-order valence-electron chi connectivity index (χ4n) is 1.98. The molecule has 0 N–H and O–H groups in total. The fourth-order valence-corrected chi connectivity index (χ4v) is 1.98. The van der Waals surface area contributed by atoms with Crippen molar-refractivity contribution >= 4 is 6.09 Å². The summed E-state index contributed by atoms with van der Waals surface area (Å²) >= 11 is 0. The van der Waals surface area contributed by atoms with Crippen LogP contribution in [0.3, 0.4) is 0 Å². The summed E-state index contributed by atoms with van der Waals surface area (Å²) < 4.78 is 39.8. The number of rotatable bonds is 2. The van der Waals surface area contributed by atoms with Gasteiger partial charge in [0.2, 0.25) is 0 Å². The molecule has 1 aliphatic heterocycles. The summed E-state index contributed by atoms with van der Waals surface area (Å²) in [5.41, 5.74) is 0. The van der Waals surface area contributed by atoms with Gasteiger partial charge in [-0.1, -0.05) is 13.8 Å². The Labute approximate surface area is 98.9 Å². The van der Waals surface area contributed by atoms with Crippen LogP contribution < -0.4 is 0 Å². The molecule has 1 amide bonds. The maximum absolute atomic E-state index is 11.9. The average molecular weight is 253 g/mol. The first-order chi connectivity index (χ1) is 7.79. The number of likely N-dealkylation sites (tertiary alicyclic amines) is 1. The lowest BCUT2D eigenvalue weighted by Gasteiger charge is -2.33. The number of carbonyl (C=O) groups is 1. The maximum Gasteiger partial charge on any atom is 0.422 e. The van der Waals surface area contributed by atoms with Gasteiger partial charge in [-0.2, -0.15) is 13.2 Å². The lowest BCUT2D eigenvalue weighted by Crippen LogP contribution is -2.40. The summed E-state index contributed by atoms with van der Waals surface area (Å²) in [6, 6.07) is 0. The van der Waals surface area contributed by atoms with Gasteiger partial charge >= 0.3 is 12.3 Å². The van der Waals surface area contributed by atoms with Crippen molar-refractivity contribution in [3.05, 3.63) is 0 Å². The Balaban J connectivity index is 2.31. The molecule has 0 radical (unpaired) electrons. The third kappa shape index (κ3) is 4.83. The van der Waals surface area contributed by atoms with Crippen molar-refractivity contribution in [2.45, 2.75) is 32.9 Å². The molecule has 17 heavy (non-hydrogen) atoms. The number of ether oxygens (including phenoxy) is 1. The first-order valence-electron chi connectivity index (χ1n) is 5.78. The van der Waals surface area contributed by atoms with Crippen molar-refractivity contribution in [3.63, 3.8) is 0 Å². The number of alkyl halides is 3. The molecular weight excluding hydrogens is 235 g/mol. The Morgan fingerprint density at radius 3 is 2.29 bits per heavy atom. The Bertz CT molecular complexity index is 258. The van der Waals surface area contributed by atoms with Crippen LogP contribution in [0.25, 0.3) is 0 Å². The molecule has 0 bridgehead atoms. The molecule has 1 rings (SSSR count). The minimum atomic E-state index is -4.45. The van der Waals surface area contributed by atoms with Gasteiger partial charge in [0.05, 0.1) is 0 Å². The predicted molar refractivity (Wildman–Crippen MR) is 56.5 cm³/mol. The minimum absolute atomic E-state index is 0.486. The largest absolute Gasteiger partial charge is 0.440 e. The first-order valence-corrected chi connectivity index (χ1v) is 5.78. The molecule has 0 aliphatic carbocycles. The van der Waals surface area contributed by atoms with E-state index in [4.69, 9.17) is 0 Å². The number of hydrogen-bond donors (Lipinski definition) is 0. The van der Waals surface area contributed by atoms with E-state index in [9.17, 15) is 18.0 Å². The van der Waals surface area contributed by atoms with E-state index in [-0.39, 0.29) is 0 Å². The molecule has 1 saturated heterocycles. The van der Waals surface area contributed by atoms with Crippen LogP contribution in [-0.4, -0.2) is 36.9 Å². The van der Waals surface area contributed by atoms with Gasteiger partial charge in [0, 0.05) is 13.1 Å². The molecule has 1 fully saturated rings. The molecule has 0 atom stereocenters. The Morgan fingerprint density at radius 1 is 1.35 bits per heavy atom. The van der Waals surface area contributed by atoms with E-state index in [0.717, 1.165) is 12.8 Å². The number of amides is 1. The number of nitrogens with zero attached hydrogens (tertiary/aromatic N) is 1. The summed E-state index contributed by atoms with van der Waals surface area (Å²) in [6.45, 7) is 3.69. The van der Waals surface area contributed by atoms with Crippen molar-refractivity contribution < 1.29 is 22.7 Å². The lowest BCUT2D eigenvalue weighted by atomic mass is 9.87. The smallest absolute Gasteiger partial charge is 0.422 e. The van der Waals surface area contributed by atoms with Crippen LogP contribution in [0.1, 0.15) is 26.7 Å². The predicted octanol–water partition coefficient (Wildman–Crippen LogP) is 3.05. The Kier molecular flexibility index (Phi) is 4.65. The highest BCUT2D eigenvalue weighted by molar-refractivity contribution is 5.67. The van der Waals surface area contributed by atoms with Gasteiger partial charge in [-0.05, 0) is 24.7 Å². The van der Waals surface area contributed by atoms with Crippen molar-refractivity contribution in [1.82, 2.24) is 4.90 Å². The van der Waals surface area contributed by atoms with E-state index < -0.39 is 18.9 Å². The second-order valence-electron chi connectivity index (χ2n) is 4.74. The zero-order valence-corrected chi connectivity index (χ0v) is 10.1. The van der Waals surface area contributed by atoms with Crippen LogP contribution in [0.5, 0.6) is 0 Å². The van der Waals surface area contributed by atoms with E-state index in [1.54, 1.807) is 0 Å². The maximum atomic E-state index is 11.9. The van der Waals surface area contributed by atoms with Crippen LogP contribution in [0.15, 0.2) is 0 Å². The Hall–Kier alpha value is -0.940. The molecule has 0 aromatic heterocycles. The normalized spacial score (nSPS) is 18.6. The summed E-state index contributed by atoms with van der Waals surface area (Å²) in [5, 5.41) is 0. The molecule has 0 spiro atoms. The molecule has 0 aromatic carbocycles. The van der Waals surface area contributed by atoms with Crippen LogP contribution >= 0.6 is 0 Å². The minimum Gasteiger partial charge on any atom is -0.440 e. The number of carbonyl (C=O) groups excluding carboxylic acids is 1. The lowest BCUT2D eigenvalue weighted by molar-refractivity contribution is -0.162. The topological polar surface area (TPSA) is 29.5 Å². The second-order valence-corrected chi connectivity index (χ2v) is 4.74. The standard InChI is InChI=1S/C11H18F3NO2/c1-8(2)9-3-5-15(6-4-9)10(16)17-7-11(12,13)14/h8-9H,3-7H2,1-2H3. The third-order valence-corrected chi connectivity index (χ3v) is 3.10. The monoisotopic (exact) mass is 253 g/mol. The fraction of sp³-hybridized carbons (Fsp3) is 0.909. The van der Waals surface area contributed by atoms with Gasteiger partial charge in [-0.15, -0.1) is 0 Å². The summed E-state index contributed by atoms with van der Waals surface area (Å²) in [5.74, 6) is 1.09. The van der Waals surface area contributed by atoms with E-state index in [1.165, 1.54) is 4.90 Å². The zero-order valence-electron chi connectivity index (χ0n) is 10.1. The van der Waals surface area contributed by atoms with E-state index in [0.29, 0.717) is 24.9 Å². The van der Waals surface area contributed by atoms with Crippen molar-refractivity contribution in [1.29, 1.82) is 0 Å². The molecule has 0 aromatic rings. The van der Waals surface area contributed by atoms with Crippen LogP contribution in [0.4, 0.5) is 18.0 Å². The summed E-state index contributed by atoms with van der Waals surface area (Å²) in [4.78, 5) is 12.7. The van der Waals surface area contributed by atoms with Crippen molar-refractivity contribution in [2.75, 3.05) is 19.7 Å². The molecule has 6 heteroatoms. The third-order valence-electron chi connectivity index (χ3n) is 3.10. The number of halogens is 3. The molecule has 1 aliphatic rings. The molecular formula is C11H18F3NO2. The van der Waals surface area contributed by atoms with Gasteiger partial charge < -0.3 is 9.64 Å². The molecule has 100 valence electrons. The summed E-state index contributed by atoms with van der Waals surface area (Å²) in [6.07, 6.45) is -3.65. The van der Waals surface area contributed by atoms with Gasteiger partial charge in [-0.3, -0.25) is 0 Å². The van der Waals surface area contributed by atoms with Crippen molar-refractivity contribution in [3.8, 4) is 0 Å². The highest BCUT2D eigenvalue weighted by atomic mass is 19.4. The molecule has 3 nitrogen and oxygen atoms in total. The van der Waals surface area contributed by atoms with Gasteiger partial charge in [0.15, 0.2) is 6.61 Å². The number of hydrogen-bond acceptors (Lipinski definition) is 2. The van der Waals surface area contributed by atoms with Gasteiger partial charge in [0.25, 0.3) is 0 Å². The second kappa shape index (κ2) is 5.60. The SMILES string of the molecule is CC(C)C1CCN(C(=O)OCC(F)(F)F)CC1. The van der Waals surface area contributed by atoms with Crippen LogP contribution in [0.2, 0.25) is 0 Å². The van der Waals surface area contributed by atoms with Crippen LogP contribution in [-0.2, 0) is 4.74 Å². The molecule has 0 unspecified atom stereocenters. The summed E-state index contributed by atoms with van der Waals surface area (Å²) in [7, 11) is 0. The van der Waals surface area contributed by atoms with E-state index in [1.807, 2.05) is 0 Å². The average Bonchev–Trinajstić information content (AvgIpc) is 2.25. The van der Waals surface area contributed by atoms with Crippen LogP contribution in [0, 0.1) is 11.8 Å². The molecule has 1 heterocycles. The van der Waals surface area contributed by atoms with E-state index in [2.05, 4.69) is 18.6 Å². The highest BCUT2D eigenvalue weighted by Gasteiger charge is 2.32. The van der Waals surface area contributed by atoms with Gasteiger partial charge in [0.1, 0.15) is 0 Å².